The standard InChI is InChI=1S/C25H29N3O2/c29-24-13-6-15-27(24)16-14-19-17-28(23-12-4-3-10-21(19)23)25(30)26-22-11-5-8-18-7-1-2-9-20(18)22/h1-4,7,9-10,12,19,22H,5-6,8,11,13-17H2,(H,26,30). The maximum Gasteiger partial charge on any atom is 0.322 e. The lowest BCUT2D eigenvalue weighted by molar-refractivity contribution is -0.127. The monoisotopic (exact) mass is 403 g/mol. The normalized spacial score (nSPS) is 22.7. The summed E-state index contributed by atoms with van der Waals surface area (Å²) in [5.41, 5.74) is 4.85. The van der Waals surface area contributed by atoms with Crippen LogP contribution in [0.15, 0.2) is 48.5 Å². The van der Waals surface area contributed by atoms with Crippen LogP contribution in [-0.4, -0.2) is 36.5 Å². The van der Waals surface area contributed by atoms with Crippen LogP contribution in [-0.2, 0) is 11.2 Å². The summed E-state index contributed by atoms with van der Waals surface area (Å²) in [5.74, 6) is 0.547. The Kier molecular flexibility index (Phi) is 5.19. The number of aryl methyl sites for hydroxylation is 1. The number of benzene rings is 2. The van der Waals surface area contributed by atoms with Gasteiger partial charge in [-0.3, -0.25) is 9.69 Å². The van der Waals surface area contributed by atoms with Crippen LogP contribution >= 0.6 is 0 Å². The number of likely N-dealkylation sites (tertiary alicyclic amines) is 1. The fraction of sp³-hybridized carbons (Fsp3) is 0.440. The summed E-state index contributed by atoms with van der Waals surface area (Å²) in [5, 5.41) is 3.31. The molecule has 3 aliphatic rings. The summed E-state index contributed by atoms with van der Waals surface area (Å²) in [7, 11) is 0. The molecule has 1 aliphatic carbocycles. The highest BCUT2D eigenvalue weighted by Gasteiger charge is 2.34. The number of hydrogen-bond acceptors (Lipinski definition) is 2. The van der Waals surface area contributed by atoms with E-state index < -0.39 is 0 Å². The molecule has 2 heterocycles. The van der Waals surface area contributed by atoms with E-state index in [9.17, 15) is 9.59 Å². The SMILES string of the molecule is O=C1CCCN1CCC1CN(C(=O)NC2CCCc3ccccc32)c2ccccc21. The molecule has 0 radical (unpaired) electrons. The molecule has 1 fully saturated rings. The van der Waals surface area contributed by atoms with E-state index in [1.54, 1.807) is 0 Å². The number of rotatable bonds is 4. The minimum Gasteiger partial charge on any atom is -0.343 e. The highest BCUT2D eigenvalue weighted by atomic mass is 16.2. The predicted octanol–water partition coefficient (Wildman–Crippen LogP) is 4.39. The van der Waals surface area contributed by atoms with Gasteiger partial charge in [0.15, 0.2) is 0 Å². The number of carbonyl (C=O) groups is 2. The number of urea groups is 1. The molecule has 2 aliphatic heterocycles. The smallest absolute Gasteiger partial charge is 0.322 e. The average molecular weight is 404 g/mol. The van der Waals surface area contributed by atoms with Crippen molar-refractivity contribution < 1.29 is 9.59 Å². The Balaban J connectivity index is 1.30. The molecule has 0 aromatic heterocycles. The van der Waals surface area contributed by atoms with Gasteiger partial charge in [-0.15, -0.1) is 0 Å². The summed E-state index contributed by atoms with van der Waals surface area (Å²) in [4.78, 5) is 29.1. The number of nitrogens with zero attached hydrogens (tertiary/aromatic N) is 2. The second-order valence-electron chi connectivity index (χ2n) is 8.73. The van der Waals surface area contributed by atoms with Crippen LogP contribution in [0.1, 0.15) is 60.8 Å². The number of fused-ring (bicyclic) bond motifs is 2. The number of amides is 3. The van der Waals surface area contributed by atoms with Crippen LogP contribution in [0.3, 0.4) is 0 Å². The molecule has 2 unspecified atom stereocenters. The third kappa shape index (κ3) is 3.57. The molecule has 5 heteroatoms. The van der Waals surface area contributed by atoms with Crippen LogP contribution in [0.2, 0.25) is 0 Å². The maximum absolute atomic E-state index is 13.3. The highest BCUT2D eigenvalue weighted by Crippen LogP contribution is 2.39. The van der Waals surface area contributed by atoms with Crippen LogP contribution in [0.4, 0.5) is 10.5 Å². The van der Waals surface area contributed by atoms with Crippen molar-refractivity contribution in [3.63, 3.8) is 0 Å². The third-order valence-electron chi connectivity index (χ3n) is 6.90. The fourth-order valence-electron chi connectivity index (χ4n) is 5.32. The van der Waals surface area contributed by atoms with Gasteiger partial charge in [-0.1, -0.05) is 42.5 Å². The highest BCUT2D eigenvalue weighted by molar-refractivity contribution is 5.95. The Morgan fingerprint density at radius 3 is 2.63 bits per heavy atom. The zero-order chi connectivity index (χ0) is 20.5. The summed E-state index contributed by atoms with van der Waals surface area (Å²) in [6.07, 6.45) is 5.73. The minimum atomic E-state index is -0.0103. The van der Waals surface area contributed by atoms with Crippen molar-refractivity contribution in [2.24, 2.45) is 0 Å². The van der Waals surface area contributed by atoms with Crippen molar-refractivity contribution in [2.75, 3.05) is 24.5 Å². The quantitative estimate of drug-likeness (QED) is 0.823. The van der Waals surface area contributed by atoms with E-state index in [4.69, 9.17) is 0 Å². The zero-order valence-corrected chi connectivity index (χ0v) is 17.3. The Morgan fingerprint density at radius 2 is 1.80 bits per heavy atom. The Morgan fingerprint density at radius 1 is 1.00 bits per heavy atom. The van der Waals surface area contributed by atoms with Gasteiger partial charge in [0.1, 0.15) is 0 Å². The molecule has 0 bridgehead atoms. The Bertz CT molecular complexity index is 957. The van der Waals surface area contributed by atoms with Crippen molar-refractivity contribution in [3.8, 4) is 0 Å². The lowest BCUT2D eigenvalue weighted by atomic mass is 9.88. The topological polar surface area (TPSA) is 52.7 Å². The molecule has 5 nitrogen and oxygen atoms in total. The number of hydrogen-bond donors (Lipinski definition) is 1. The van der Waals surface area contributed by atoms with E-state index >= 15 is 0 Å². The summed E-state index contributed by atoms with van der Waals surface area (Å²) in [6.45, 7) is 2.34. The minimum absolute atomic E-state index is 0.0103. The van der Waals surface area contributed by atoms with Crippen LogP contribution < -0.4 is 10.2 Å². The van der Waals surface area contributed by atoms with E-state index in [-0.39, 0.29) is 23.9 Å². The number of anilines is 1. The first-order valence-electron chi connectivity index (χ1n) is 11.2. The van der Waals surface area contributed by atoms with E-state index in [1.807, 2.05) is 28.0 Å². The Labute approximate surface area is 178 Å². The van der Waals surface area contributed by atoms with Crippen molar-refractivity contribution in [3.05, 3.63) is 65.2 Å². The van der Waals surface area contributed by atoms with Gasteiger partial charge in [0.25, 0.3) is 0 Å². The number of carbonyl (C=O) groups excluding carboxylic acids is 2. The first-order valence-corrected chi connectivity index (χ1v) is 11.2. The van der Waals surface area contributed by atoms with Crippen LogP contribution in [0, 0.1) is 0 Å². The van der Waals surface area contributed by atoms with Gasteiger partial charge >= 0.3 is 6.03 Å². The van der Waals surface area contributed by atoms with E-state index in [1.165, 1.54) is 16.7 Å². The molecule has 0 saturated carbocycles. The van der Waals surface area contributed by atoms with Gasteiger partial charge in [0, 0.05) is 37.7 Å². The lowest BCUT2D eigenvalue weighted by Gasteiger charge is -2.29. The molecule has 0 spiro atoms. The lowest BCUT2D eigenvalue weighted by Crippen LogP contribution is -2.42. The van der Waals surface area contributed by atoms with Crippen molar-refractivity contribution in [2.45, 2.75) is 50.5 Å². The van der Waals surface area contributed by atoms with Gasteiger partial charge in [-0.05, 0) is 54.9 Å². The molecule has 1 saturated heterocycles. The van der Waals surface area contributed by atoms with Crippen molar-refractivity contribution in [1.82, 2.24) is 10.2 Å². The first-order chi connectivity index (χ1) is 14.7. The predicted molar refractivity (Wildman–Crippen MR) is 118 cm³/mol. The van der Waals surface area contributed by atoms with Gasteiger partial charge in [0.2, 0.25) is 5.91 Å². The van der Waals surface area contributed by atoms with E-state index in [0.29, 0.717) is 13.0 Å². The molecule has 2 aromatic carbocycles. The molecule has 156 valence electrons. The van der Waals surface area contributed by atoms with Crippen LogP contribution in [0.25, 0.3) is 0 Å². The second kappa shape index (κ2) is 8.13. The van der Waals surface area contributed by atoms with E-state index in [0.717, 1.165) is 50.9 Å². The third-order valence-corrected chi connectivity index (χ3v) is 6.90. The summed E-state index contributed by atoms with van der Waals surface area (Å²) in [6, 6.07) is 16.8. The molecular weight excluding hydrogens is 374 g/mol. The second-order valence-corrected chi connectivity index (χ2v) is 8.73. The molecule has 3 amide bonds. The molecule has 1 N–H and O–H groups in total. The number of nitrogens with one attached hydrogen (secondary N) is 1. The molecule has 30 heavy (non-hydrogen) atoms. The fourth-order valence-corrected chi connectivity index (χ4v) is 5.32. The zero-order valence-electron chi connectivity index (χ0n) is 17.3. The average Bonchev–Trinajstić information content (AvgIpc) is 3.36. The van der Waals surface area contributed by atoms with Gasteiger partial charge in [0.05, 0.1) is 6.04 Å². The number of para-hydroxylation sites is 1. The molecule has 2 atom stereocenters. The van der Waals surface area contributed by atoms with Crippen LogP contribution in [0.5, 0.6) is 0 Å². The molecule has 5 rings (SSSR count). The van der Waals surface area contributed by atoms with E-state index in [2.05, 4.69) is 35.6 Å². The summed E-state index contributed by atoms with van der Waals surface area (Å²) < 4.78 is 0. The summed E-state index contributed by atoms with van der Waals surface area (Å²) >= 11 is 0. The van der Waals surface area contributed by atoms with Gasteiger partial charge < -0.3 is 10.2 Å². The van der Waals surface area contributed by atoms with Crippen molar-refractivity contribution in [1.29, 1.82) is 0 Å². The van der Waals surface area contributed by atoms with Gasteiger partial charge in [-0.25, -0.2) is 4.79 Å². The Hall–Kier alpha value is -2.82. The first kappa shape index (κ1) is 19.2. The maximum atomic E-state index is 13.3. The van der Waals surface area contributed by atoms with Crippen molar-refractivity contribution >= 4 is 17.6 Å². The molecule has 2 aromatic rings. The molecular formula is C25H29N3O2. The van der Waals surface area contributed by atoms with Gasteiger partial charge in [-0.2, -0.15) is 0 Å². The largest absolute Gasteiger partial charge is 0.343 e.